The Morgan fingerprint density at radius 3 is 2.68 bits per heavy atom. The molecule has 12 heteroatoms. The molecule has 1 aromatic rings. The first-order valence-corrected chi connectivity index (χ1v) is 13.8. The Hall–Kier alpha value is -2.26. The summed E-state index contributed by atoms with van der Waals surface area (Å²) in [5.74, 6) is 0.0819. The van der Waals surface area contributed by atoms with Crippen molar-refractivity contribution in [1.29, 1.82) is 0 Å². The van der Waals surface area contributed by atoms with Crippen molar-refractivity contribution in [2.75, 3.05) is 59.7 Å². The van der Waals surface area contributed by atoms with Crippen LogP contribution in [0.5, 0.6) is 11.5 Å². The van der Waals surface area contributed by atoms with E-state index in [1.807, 2.05) is 22.6 Å². The molecule has 1 fully saturated rings. The van der Waals surface area contributed by atoms with Crippen molar-refractivity contribution in [3.8, 4) is 11.5 Å². The smallest absolute Gasteiger partial charge is 0.247 e. The number of amides is 2. The number of nitrogens with one attached hydrogen (secondary N) is 1. The maximum Gasteiger partial charge on any atom is 0.247 e. The fraction of sp³-hybridized carbons (Fsp3) is 0.577. The first-order chi connectivity index (χ1) is 18.3. The summed E-state index contributed by atoms with van der Waals surface area (Å²) in [6.45, 7) is 5.38. The minimum absolute atomic E-state index is 0.0719. The Morgan fingerprint density at radius 2 is 2.05 bits per heavy atom. The number of halogens is 1. The van der Waals surface area contributed by atoms with E-state index in [1.54, 1.807) is 24.0 Å². The van der Waals surface area contributed by atoms with Gasteiger partial charge in [0.15, 0.2) is 11.5 Å². The molecule has 210 valence electrons. The van der Waals surface area contributed by atoms with Crippen LogP contribution in [0.1, 0.15) is 30.1 Å². The predicted molar refractivity (Wildman–Crippen MR) is 147 cm³/mol. The molecule has 0 bridgehead atoms. The molecule has 1 aliphatic carbocycles. The van der Waals surface area contributed by atoms with E-state index in [9.17, 15) is 19.5 Å². The molecule has 0 aromatic heterocycles. The summed E-state index contributed by atoms with van der Waals surface area (Å²) in [6.07, 6.45) is 0.497. The zero-order valence-electron chi connectivity index (χ0n) is 21.7. The number of carbonyl (C=O) groups excluding carboxylic acids is 3. The van der Waals surface area contributed by atoms with Gasteiger partial charge in [0.25, 0.3) is 0 Å². The number of carbonyl (C=O) groups is 3. The average Bonchev–Trinajstić information content (AvgIpc) is 2.94. The van der Waals surface area contributed by atoms with Crippen LogP contribution in [-0.2, 0) is 14.3 Å². The van der Waals surface area contributed by atoms with Crippen LogP contribution in [0.25, 0.3) is 0 Å². The Kier molecular flexibility index (Phi) is 11.8. The fourth-order valence-electron chi connectivity index (χ4n) is 4.59. The molecule has 3 rings (SSSR count). The van der Waals surface area contributed by atoms with Crippen molar-refractivity contribution in [3.05, 3.63) is 32.9 Å². The summed E-state index contributed by atoms with van der Waals surface area (Å²) < 4.78 is 17.7. The number of hydrogen-bond acceptors (Lipinski definition) is 9. The highest BCUT2D eigenvalue weighted by Gasteiger charge is 2.40. The van der Waals surface area contributed by atoms with Crippen LogP contribution in [0.15, 0.2) is 23.8 Å². The van der Waals surface area contributed by atoms with Gasteiger partial charge < -0.3 is 34.6 Å². The number of aliphatic hydroxyl groups excluding tert-OH is 2. The molecule has 1 saturated heterocycles. The van der Waals surface area contributed by atoms with Gasteiger partial charge in [-0.15, -0.1) is 0 Å². The number of ether oxygens (including phenoxy) is 3. The molecule has 1 aliphatic heterocycles. The first-order valence-electron chi connectivity index (χ1n) is 12.7. The van der Waals surface area contributed by atoms with Gasteiger partial charge in [0.1, 0.15) is 18.5 Å². The number of methoxy groups -OCH3 is 1. The number of aldehydes is 1. The monoisotopic (exact) mass is 645 g/mol. The third kappa shape index (κ3) is 7.65. The molecule has 3 N–H and O–H groups in total. The second-order valence-electron chi connectivity index (χ2n) is 9.06. The van der Waals surface area contributed by atoms with Gasteiger partial charge in [-0.3, -0.25) is 19.3 Å². The second kappa shape index (κ2) is 14.8. The Morgan fingerprint density at radius 1 is 1.32 bits per heavy atom. The van der Waals surface area contributed by atoms with Crippen LogP contribution in [0.3, 0.4) is 0 Å². The second-order valence-corrected chi connectivity index (χ2v) is 10.2. The highest BCUT2D eigenvalue weighted by Crippen LogP contribution is 2.37. The van der Waals surface area contributed by atoms with Gasteiger partial charge in [-0.05, 0) is 40.8 Å². The number of nitrogens with zero attached hydrogens (tertiary/aromatic N) is 2. The predicted octanol–water partition coefficient (Wildman–Crippen LogP) is 0.599. The van der Waals surface area contributed by atoms with Gasteiger partial charge in [-0.1, -0.05) is 6.92 Å². The molecule has 1 aromatic carbocycles. The van der Waals surface area contributed by atoms with E-state index in [2.05, 4.69) is 10.2 Å². The number of hydrogen-bond donors (Lipinski definition) is 3. The van der Waals surface area contributed by atoms with Crippen LogP contribution in [0.4, 0.5) is 0 Å². The third-order valence-electron chi connectivity index (χ3n) is 6.64. The summed E-state index contributed by atoms with van der Waals surface area (Å²) in [7, 11) is 1.45. The molecule has 11 nitrogen and oxygen atoms in total. The lowest BCUT2D eigenvalue weighted by molar-refractivity contribution is -0.138. The van der Waals surface area contributed by atoms with Crippen LogP contribution in [0, 0.1) is 3.57 Å². The van der Waals surface area contributed by atoms with E-state index < -0.39 is 24.2 Å². The maximum atomic E-state index is 13.1. The lowest BCUT2D eigenvalue weighted by atomic mass is 9.88. The van der Waals surface area contributed by atoms with Gasteiger partial charge >= 0.3 is 0 Å². The number of morpholine rings is 1. The zero-order chi connectivity index (χ0) is 27.7. The normalized spacial score (nSPS) is 21.8. The van der Waals surface area contributed by atoms with Crippen molar-refractivity contribution in [1.82, 2.24) is 15.1 Å². The van der Waals surface area contributed by atoms with E-state index in [4.69, 9.17) is 19.3 Å². The van der Waals surface area contributed by atoms with E-state index >= 15 is 0 Å². The van der Waals surface area contributed by atoms with Crippen molar-refractivity contribution in [3.63, 3.8) is 0 Å². The minimum atomic E-state index is -1.14. The molecular weight excluding hydrogens is 609 g/mol. The molecule has 38 heavy (non-hydrogen) atoms. The van der Waals surface area contributed by atoms with Crippen LogP contribution >= 0.6 is 22.6 Å². The zero-order valence-corrected chi connectivity index (χ0v) is 23.9. The molecule has 2 amide bonds. The van der Waals surface area contributed by atoms with Crippen molar-refractivity contribution in [2.24, 2.45) is 0 Å². The molecule has 0 saturated carbocycles. The van der Waals surface area contributed by atoms with Crippen molar-refractivity contribution >= 4 is 40.7 Å². The lowest BCUT2D eigenvalue weighted by Gasteiger charge is -2.41. The molecular formula is C26H36IN3O8. The molecule has 2 aliphatic rings. The third-order valence-corrected chi connectivity index (χ3v) is 7.44. The largest absolute Gasteiger partial charge is 0.493 e. The van der Waals surface area contributed by atoms with E-state index in [-0.39, 0.29) is 31.9 Å². The molecule has 3 unspecified atom stereocenters. The summed E-state index contributed by atoms with van der Waals surface area (Å²) in [6, 6.07) is 2.45. The highest BCUT2D eigenvalue weighted by atomic mass is 127. The number of rotatable bonds is 12. The van der Waals surface area contributed by atoms with E-state index in [0.29, 0.717) is 58.8 Å². The quantitative estimate of drug-likeness (QED) is 0.221. The highest BCUT2D eigenvalue weighted by molar-refractivity contribution is 14.1. The van der Waals surface area contributed by atoms with Crippen molar-refractivity contribution < 1.29 is 38.8 Å². The van der Waals surface area contributed by atoms with Gasteiger partial charge in [-0.25, -0.2) is 0 Å². The first kappa shape index (κ1) is 30.3. The summed E-state index contributed by atoms with van der Waals surface area (Å²) in [4.78, 5) is 41.2. The van der Waals surface area contributed by atoms with Gasteiger partial charge in [0, 0.05) is 56.7 Å². The number of aliphatic hydroxyl groups is 2. The average molecular weight is 645 g/mol. The number of benzene rings is 1. The molecule has 0 spiro atoms. The van der Waals surface area contributed by atoms with Gasteiger partial charge in [0.2, 0.25) is 11.8 Å². The van der Waals surface area contributed by atoms with Gasteiger partial charge in [0.05, 0.1) is 36.5 Å². The SMILES string of the molecule is CCC(=O)N(CCN1CCOCC1)C1CC(C(=O)NCCO)=CC(Oc2c(I)cc(C=O)cc2OC)C1O. The topological polar surface area (TPSA) is 138 Å². The minimum Gasteiger partial charge on any atom is -0.493 e. The molecule has 0 radical (unpaired) electrons. The molecule has 3 atom stereocenters. The lowest BCUT2D eigenvalue weighted by Crippen LogP contribution is -2.56. The summed E-state index contributed by atoms with van der Waals surface area (Å²) in [5, 5.41) is 23.3. The summed E-state index contributed by atoms with van der Waals surface area (Å²) >= 11 is 2.02. The van der Waals surface area contributed by atoms with E-state index in [0.717, 1.165) is 13.1 Å². The van der Waals surface area contributed by atoms with Gasteiger partial charge in [-0.2, -0.15) is 0 Å². The standard InChI is InChI=1S/C26H36IN3O8/c1-3-23(33)30(6-5-29-7-10-37-11-8-29)20-14-18(26(35)28-4-9-31)15-21(24(20)34)38-25-19(27)12-17(16-32)13-22(25)36-2/h12-13,15-16,20-21,24,31,34H,3-11,14H2,1-2H3,(H,28,35). The fourth-order valence-corrected chi connectivity index (χ4v) is 5.34. The Balaban J connectivity index is 1.93. The van der Waals surface area contributed by atoms with Crippen LogP contribution < -0.4 is 14.8 Å². The maximum absolute atomic E-state index is 13.1. The molecule has 1 heterocycles. The summed E-state index contributed by atoms with van der Waals surface area (Å²) in [5.41, 5.74) is 0.751. The Bertz CT molecular complexity index is 1010. The van der Waals surface area contributed by atoms with Crippen LogP contribution in [-0.4, -0.2) is 116 Å². The van der Waals surface area contributed by atoms with Crippen LogP contribution in [0.2, 0.25) is 0 Å². The van der Waals surface area contributed by atoms with E-state index in [1.165, 1.54) is 13.2 Å². The van der Waals surface area contributed by atoms with Crippen molar-refractivity contribution in [2.45, 2.75) is 38.0 Å². The Labute approximate surface area is 236 Å².